The molecule has 0 saturated carbocycles. The van der Waals surface area contributed by atoms with Gasteiger partial charge in [0.2, 0.25) is 0 Å². The van der Waals surface area contributed by atoms with E-state index in [-0.39, 0.29) is 5.57 Å². The molecular weight excluding hydrogens is 576 g/mol. The summed E-state index contributed by atoms with van der Waals surface area (Å²) in [5.41, 5.74) is 2.36. The summed E-state index contributed by atoms with van der Waals surface area (Å²) < 4.78 is 8.50. The van der Waals surface area contributed by atoms with Gasteiger partial charge >= 0.3 is 0 Å². The highest BCUT2D eigenvalue weighted by molar-refractivity contribution is 9.11. The van der Waals surface area contributed by atoms with Crippen LogP contribution in [0.4, 0.5) is 5.69 Å². The fourth-order valence-corrected chi connectivity index (χ4v) is 3.72. The molecule has 0 heterocycles. The largest absolute Gasteiger partial charge is 0.488 e. The third-order valence-corrected chi connectivity index (χ3v) is 6.00. The van der Waals surface area contributed by atoms with Crippen molar-refractivity contribution < 1.29 is 9.53 Å². The molecule has 0 saturated heterocycles. The molecular formula is C23H15Br3N2O2. The van der Waals surface area contributed by atoms with Crippen LogP contribution < -0.4 is 10.1 Å². The van der Waals surface area contributed by atoms with E-state index < -0.39 is 5.91 Å². The molecule has 0 aliphatic carbocycles. The van der Waals surface area contributed by atoms with E-state index >= 15 is 0 Å². The number of nitriles is 1. The first-order valence-electron chi connectivity index (χ1n) is 8.81. The lowest BCUT2D eigenvalue weighted by Gasteiger charge is -2.10. The second kappa shape index (κ2) is 10.6. The van der Waals surface area contributed by atoms with Crippen LogP contribution in [0.25, 0.3) is 6.08 Å². The van der Waals surface area contributed by atoms with E-state index in [0.717, 1.165) is 19.0 Å². The van der Waals surface area contributed by atoms with Gasteiger partial charge in [0, 0.05) is 20.2 Å². The van der Waals surface area contributed by atoms with Crippen molar-refractivity contribution in [3.63, 3.8) is 0 Å². The molecule has 0 aliphatic heterocycles. The zero-order chi connectivity index (χ0) is 21.5. The number of nitrogens with one attached hydrogen (secondary N) is 1. The number of benzene rings is 3. The summed E-state index contributed by atoms with van der Waals surface area (Å²) in [6.45, 7) is 0.411. The van der Waals surface area contributed by atoms with Crippen molar-refractivity contribution in [2.24, 2.45) is 0 Å². The van der Waals surface area contributed by atoms with Crippen LogP contribution in [0.3, 0.4) is 0 Å². The number of anilines is 1. The van der Waals surface area contributed by atoms with Gasteiger partial charge in [-0.3, -0.25) is 4.79 Å². The minimum Gasteiger partial charge on any atom is -0.488 e. The molecule has 0 bridgehead atoms. The van der Waals surface area contributed by atoms with Crippen LogP contribution in [0.5, 0.6) is 5.75 Å². The van der Waals surface area contributed by atoms with Gasteiger partial charge in [0.15, 0.2) is 0 Å². The Kier molecular flexibility index (Phi) is 7.86. The van der Waals surface area contributed by atoms with E-state index in [1.165, 1.54) is 6.08 Å². The Bertz CT molecular complexity index is 1140. The second-order valence-corrected chi connectivity index (χ2v) is 8.83. The molecule has 0 spiro atoms. The van der Waals surface area contributed by atoms with E-state index in [9.17, 15) is 10.1 Å². The summed E-state index contributed by atoms with van der Waals surface area (Å²) in [5, 5.41) is 12.1. The minimum absolute atomic E-state index is 0.00621. The molecule has 0 fully saturated rings. The minimum atomic E-state index is -0.467. The van der Waals surface area contributed by atoms with Gasteiger partial charge in [-0.25, -0.2) is 0 Å². The average molecular weight is 591 g/mol. The van der Waals surface area contributed by atoms with Gasteiger partial charge in [0.25, 0.3) is 5.91 Å². The highest BCUT2D eigenvalue weighted by Crippen LogP contribution is 2.28. The summed E-state index contributed by atoms with van der Waals surface area (Å²) in [7, 11) is 0. The van der Waals surface area contributed by atoms with Crippen LogP contribution >= 0.6 is 47.8 Å². The van der Waals surface area contributed by atoms with Crippen molar-refractivity contribution >= 4 is 65.5 Å². The van der Waals surface area contributed by atoms with Crippen LogP contribution in [0, 0.1) is 11.3 Å². The summed E-state index contributed by atoms with van der Waals surface area (Å²) in [6, 6.07) is 22.3. The average Bonchev–Trinajstić information content (AvgIpc) is 2.74. The maximum absolute atomic E-state index is 12.4. The molecule has 7 heteroatoms. The monoisotopic (exact) mass is 588 g/mol. The second-order valence-electron chi connectivity index (χ2n) is 6.20. The first-order chi connectivity index (χ1) is 14.5. The normalized spacial score (nSPS) is 10.9. The molecule has 0 aliphatic rings. The lowest BCUT2D eigenvalue weighted by Crippen LogP contribution is -2.13. The first kappa shape index (κ1) is 22.3. The smallest absolute Gasteiger partial charge is 0.266 e. The molecule has 3 rings (SSSR count). The lowest BCUT2D eigenvalue weighted by molar-refractivity contribution is -0.112. The van der Waals surface area contributed by atoms with Gasteiger partial charge in [0.05, 0.1) is 4.47 Å². The maximum Gasteiger partial charge on any atom is 0.266 e. The van der Waals surface area contributed by atoms with Gasteiger partial charge in [-0.1, -0.05) is 56.1 Å². The Morgan fingerprint density at radius 3 is 2.40 bits per heavy atom. The molecule has 1 amide bonds. The Morgan fingerprint density at radius 1 is 1.00 bits per heavy atom. The van der Waals surface area contributed by atoms with Gasteiger partial charge < -0.3 is 10.1 Å². The standard InChI is InChI=1S/C23H15Br3N2O2/c24-18-6-8-19(9-7-18)28-23(29)17(13-27)11-15-5-10-22(21(26)12-15)30-14-16-3-1-2-4-20(16)25/h1-12H,14H2,(H,28,29)/b17-11+. The highest BCUT2D eigenvalue weighted by atomic mass is 79.9. The summed E-state index contributed by atoms with van der Waals surface area (Å²) in [5.74, 6) is 0.200. The quantitative estimate of drug-likeness (QED) is 0.246. The number of hydrogen-bond donors (Lipinski definition) is 1. The van der Waals surface area contributed by atoms with Crippen LogP contribution in [0.1, 0.15) is 11.1 Å². The van der Waals surface area contributed by atoms with Crippen molar-refractivity contribution in [2.45, 2.75) is 6.61 Å². The molecule has 1 N–H and O–H groups in total. The summed E-state index contributed by atoms with van der Waals surface area (Å²) in [6.07, 6.45) is 1.54. The maximum atomic E-state index is 12.4. The molecule has 0 aromatic heterocycles. The molecule has 0 unspecified atom stereocenters. The van der Waals surface area contributed by atoms with Crippen LogP contribution in [-0.2, 0) is 11.4 Å². The number of carbonyl (C=O) groups is 1. The molecule has 0 radical (unpaired) electrons. The van der Waals surface area contributed by atoms with Crippen molar-refractivity contribution in [3.05, 3.63) is 96.8 Å². The summed E-state index contributed by atoms with van der Waals surface area (Å²) >= 11 is 10.3. The third kappa shape index (κ3) is 6.05. The highest BCUT2D eigenvalue weighted by Gasteiger charge is 2.11. The van der Waals surface area contributed by atoms with Crippen LogP contribution in [-0.4, -0.2) is 5.91 Å². The first-order valence-corrected chi connectivity index (χ1v) is 11.2. The van der Waals surface area contributed by atoms with Crippen LogP contribution in [0.2, 0.25) is 0 Å². The fraction of sp³-hybridized carbons (Fsp3) is 0.0435. The number of nitrogens with zero attached hydrogens (tertiary/aromatic N) is 1. The van der Waals surface area contributed by atoms with Gasteiger partial charge in [-0.05, 0) is 70.0 Å². The van der Waals surface area contributed by atoms with Crippen molar-refractivity contribution in [2.75, 3.05) is 5.32 Å². The van der Waals surface area contributed by atoms with Crippen molar-refractivity contribution in [1.82, 2.24) is 0 Å². The number of rotatable bonds is 6. The van der Waals surface area contributed by atoms with E-state index in [0.29, 0.717) is 23.6 Å². The predicted molar refractivity (Wildman–Crippen MR) is 129 cm³/mol. The van der Waals surface area contributed by atoms with Gasteiger partial charge in [0.1, 0.15) is 24.0 Å². The fourth-order valence-electron chi connectivity index (χ4n) is 2.54. The Hall–Kier alpha value is -2.40. The molecule has 150 valence electrons. The van der Waals surface area contributed by atoms with Crippen molar-refractivity contribution in [3.8, 4) is 11.8 Å². The van der Waals surface area contributed by atoms with E-state index in [1.807, 2.05) is 42.5 Å². The number of carbonyl (C=O) groups excluding carboxylic acids is 1. The topological polar surface area (TPSA) is 62.1 Å². The number of ether oxygens (including phenoxy) is 1. The number of amides is 1. The molecule has 3 aromatic rings. The lowest BCUT2D eigenvalue weighted by atomic mass is 10.1. The Balaban J connectivity index is 1.71. The van der Waals surface area contributed by atoms with Crippen molar-refractivity contribution in [1.29, 1.82) is 5.26 Å². The molecule has 30 heavy (non-hydrogen) atoms. The van der Waals surface area contributed by atoms with E-state index in [4.69, 9.17) is 4.74 Å². The molecule has 4 nitrogen and oxygen atoms in total. The Morgan fingerprint density at radius 2 is 1.73 bits per heavy atom. The van der Waals surface area contributed by atoms with Gasteiger partial charge in [-0.2, -0.15) is 5.26 Å². The zero-order valence-electron chi connectivity index (χ0n) is 15.5. The van der Waals surface area contributed by atoms with Gasteiger partial charge in [-0.15, -0.1) is 0 Å². The molecule has 3 aromatic carbocycles. The van der Waals surface area contributed by atoms with E-state index in [2.05, 4.69) is 53.1 Å². The Labute approximate surface area is 200 Å². The number of hydrogen-bond acceptors (Lipinski definition) is 3. The summed E-state index contributed by atoms with van der Waals surface area (Å²) in [4.78, 5) is 12.4. The number of halogens is 3. The zero-order valence-corrected chi connectivity index (χ0v) is 20.3. The van der Waals surface area contributed by atoms with E-state index in [1.54, 1.807) is 30.3 Å². The molecule has 0 atom stereocenters. The SMILES string of the molecule is N#C/C(=C\c1ccc(OCc2ccccc2Br)c(Br)c1)C(=O)Nc1ccc(Br)cc1. The predicted octanol–water partition coefficient (Wildman–Crippen LogP) is 7.10. The third-order valence-electron chi connectivity index (χ3n) is 4.08. The van der Waals surface area contributed by atoms with Crippen LogP contribution in [0.15, 0.2) is 85.7 Å².